The second-order valence-electron chi connectivity index (χ2n) is 7.86. The van der Waals surface area contributed by atoms with Crippen molar-refractivity contribution in [2.24, 2.45) is 10.2 Å². The van der Waals surface area contributed by atoms with Crippen LogP contribution >= 0.6 is 11.3 Å². The first kappa shape index (κ1) is 21.0. The molecule has 0 fully saturated rings. The fourth-order valence-electron chi connectivity index (χ4n) is 3.99. The van der Waals surface area contributed by atoms with Gasteiger partial charge < -0.3 is 19.1 Å². The molecule has 1 aliphatic rings. The van der Waals surface area contributed by atoms with E-state index in [2.05, 4.69) is 21.3 Å². The van der Waals surface area contributed by atoms with Gasteiger partial charge in [0.25, 0.3) is 0 Å². The lowest BCUT2D eigenvalue weighted by Gasteiger charge is -2.31. The van der Waals surface area contributed by atoms with Crippen LogP contribution in [0.4, 0.5) is 10.8 Å². The van der Waals surface area contributed by atoms with Crippen LogP contribution in [0.3, 0.4) is 0 Å². The molecule has 0 aliphatic carbocycles. The van der Waals surface area contributed by atoms with Gasteiger partial charge in [-0.25, -0.2) is 4.98 Å². The largest absolute Gasteiger partial charge is 0.497 e. The van der Waals surface area contributed by atoms with Crippen LogP contribution in [0.2, 0.25) is 0 Å². The zero-order chi connectivity index (χ0) is 22.3. The van der Waals surface area contributed by atoms with Gasteiger partial charge in [-0.1, -0.05) is 6.08 Å². The number of aromatic hydroxyl groups is 1. The zero-order valence-electron chi connectivity index (χ0n) is 18.1. The summed E-state index contributed by atoms with van der Waals surface area (Å²) in [6.07, 6.45) is 2.20. The molecule has 0 atom stereocenters. The number of methoxy groups -OCH3 is 1. The topological polar surface area (TPSA) is 98.3 Å². The van der Waals surface area contributed by atoms with E-state index in [1.807, 2.05) is 37.5 Å². The average molecular weight is 441 g/mol. The minimum absolute atomic E-state index is 0.0327. The second kappa shape index (κ2) is 7.81. The summed E-state index contributed by atoms with van der Waals surface area (Å²) in [4.78, 5) is 16.0. The first-order valence-corrected chi connectivity index (χ1v) is 10.8. The number of azo groups is 1. The Hall–Kier alpha value is -3.20. The molecule has 0 saturated carbocycles. The Morgan fingerprint density at radius 2 is 2.10 bits per heavy atom. The van der Waals surface area contributed by atoms with Crippen LogP contribution in [-0.4, -0.2) is 34.3 Å². The van der Waals surface area contributed by atoms with Crippen LogP contribution < -0.4 is 4.74 Å². The van der Waals surface area contributed by atoms with Crippen molar-refractivity contribution >= 4 is 44.6 Å². The van der Waals surface area contributed by atoms with Crippen molar-refractivity contribution in [3.05, 3.63) is 34.8 Å². The summed E-state index contributed by atoms with van der Waals surface area (Å²) in [5, 5.41) is 22.5. The second-order valence-corrected chi connectivity index (χ2v) is 8.70. The summed E-state index contributed by atoms with van der Waals surface area (Å²) in [6.45, 7) is 8.20. The van der Waals surface area contributed by atoms with E-state index < -0.39 is 5.54 Å². The highest BCUT2D eigenvalue weighted by molar-refractivity contribution is 7.13. The van der Waals surface area contributed by atoms with E-state index in [-0.39, 0.29) is 18.3 Å². The summed E-state index contributed by atoms with van der Waals surface area (Å²) in [7, 11) is 1.61. The van der Waals surface area contributed by atoms with E-state index in [1.165, 1.54) is 11.3 Å². The third-order valence-corrected chi connectivity index (χ3v) is 5.97. The molecule has 0 radical (unpaired) electrons. The van der Waals surface area contributed by atoms with Gasteiger partial charge in [0, 0.05) is 16.3 Å². The molecule has 4 rings (SSSR count). The van der Waals surface area contributed by atoms with Crippen molar-refractivity contribution in [1.29, 1.82) is 0 Å². The molecule has 0 amide bonds. The van der Waals surface area contributed by atoms with Crippen LogP contribution in [0.25, 0.3) is 16.5 Å². The number of thiazole rings is 1. The van der Waals surface area contributed by atoms with Gasteiger partial charge in [0.15, 0.2) is 5.69 Å². The highest BCUT2D eigenvalue weighted by atomic mass is 32.1. The first-order valence-electron chi connectivity index (χ1n) is 9.92. The third-order valence-electron chi connectivity index (χ3n) is 5.20. The van der Waals surface area contributed by atoms with Crippen LogP contribution in [0.1, 0.15) is 39.0 Å². The molecule has 3 aromatic rings. The van der Waals surface area contributed by atoms with Gasteiger partial charge in [0.1, 0.15) is 5.75 Å². The predicted molar refractivity (Wildman–Crippen MR) is 120 cm³/mol. The number of ether oxygens (including phenoxy) is 2. The van der Waals surface area contributed by atoms with E-state index >= 15 is 0 Å². The van der Waals surface area contributed by atoms with Crippen LogP contribution in [0.15, 0.2) is 33.8 Å². The molecule has 1 aromatic carbocycles. The monoisotopic (exact) mass is 440 g/mol. The Kier molecular flexibility index (Phi) is 5.30. The molecule has 3 heterocycles. The molecule has 8 nitrogen and oxygen atoms in total. The molecule has 2 aromatic heterocycles. The number of hydrogen-bond donors (Lipinski definition) is 1. The Labute approximate surface area is 183 Å². The summed E-state index contributed by atoms with van der Waals surface area (Å²) < 4.78 is 12.3. The van der Waals surface area contributed by atoms with Gasteiger partial charge in [0.2, 0.25) is 11.0 Å². The number of carbonyl (C=O) groups excluding carboxylic acids is 1. The molecule has 0 saturated heterocycles. The van der Waals surface area contributed by atoms with E-state index in [9.17, 15) is 9.90 Å². The number of aromatic nitrogens is 2. The standard InChI is InChI=1S/C22H24N4O4S/c1-6-30-17(27)7-13-11-31-21(23-13)25-24-18-16-9-14(29-5)8-15-12(2)10-22(3,4)26(19(15)16)20(18)28/h8-11,28H,6-7H2,1-5H3. The highest BCUT2D eigenvalue weighted by Crippen LogP contribution is 2.49. The maximum atomic E-state index is 11.6. The van der Waals surface area contributed by atoms with Gasteiger partial charge in [-0.3, -0.25) is 4.79 Å². The predicted octanol–water partition coefficient (Wildman–Crippen LogP) is 5.49. The number of benzene rings is 1. The molecule has 0 bridgehead atoms. The van der Waals surface area contributed by atoms with Crippen molar-refractivity contribution in [2.75, 3.05) is 13.7 Å². The normalized spacial score (nSPS) is 14.8. The minimum Gasteiger partial charge on any atom is -0.497 e. The Bertz CT molecular complexity index is 1240. The van der Waals surface area contributed by atoms with E-state index in [0.29, 0.717) is 28.9 Å². The summed E-state index contributed by atoms with van der Waals surface area (Å²) >= 11 is 1.27. The van der Waals surface area contributed by atoms with Crippen LogP contribution in [0.5, 0.6) is 11.6 Å². The number of rotatable bonds is 6. The lowest BCUT2D eigenvalue weighted by Crippen LogP contribution is -2.26. The fraction of sp³-hybridized carbons (Fsp3) is 0.364. The molecular weight excluding hydrogens is 416 g/mol. The van der Waals surface area contributed by atoms with Crippen molar-refractivity contribution in [3.63, 3.8) is 0 Å². The highest BCUT2D eigenvalue weighted by Gasteiger charge is 2.32. The van der Waals surface area contributed by atoms with E-state index in [0.717, 1.165) is 22.0 Å². The Balaban J connectivity index is 1.77. The van der Waals surface area contributed by atoms with Gasteiger partial charge in [0.05, 0.1) is 36.9 Å². The maximum absolute atomic E-state index is 11.6. The number of nitrogens with zero attached hydrogens (tertiary/aromatic N) is 4. The Morgan fingerprint density at radius 3 is 2.81 bits per heavy atom. The van der Waals surface area contributed by atoms with Gasteiger partial charge in [-0.05, 0) is 45.4 Å². The number of allylic oxidation sites excluding steroid dienone is 2. The van der Waals surface area contributed by atoms with E-state index in [1.54, 1.807) is 19.4 Å². The molecule has 0 spiro atoms. The SMILES string of the molecule is CCOC(=O)Cc1csc(N=Nc2c(O)n3c4c(cc(OC)cc24)C(C)=CC3(C)C)n1. The quantitative estimate of drug-likeness (QED) is 0.404. The van der Waals surface area contributed by atoms with Gasteiger partial charge >= 0.3 is 5.97 Å². The van der Waals surface area contributed by atoms with Crippen molar-refractivity contribution in [2.45, 2.75) is 39.7 Å². The number of carbonyl (C=O) groups is 1. The van der Waals surface area contributed by atoms with Crippen LogP contribution in [0, 0.1) is 0 Å². The first-order chi connectivity index (χ1) is 14.7. The maximum Gasteiger partial charge on any atom is 0.311 e. The average Bonchev–Trinajstić information content (AvgIpc) is 3.26. The number of hydrogen-bond acceptors (Lipinski definition) is 8. The molecule has 1 aliphatic heterocycles. The third kappa shape index (κ3) is 3.69. The lowest BCUT2D eigenvalue weighted by atomic mass is 9.92. The zero-order valence-corrected chi connectivity index (χ0v) is 18.9. The van der Waals surface area contributed by atoms with Crippen molar-refractivity contribution < 1.29 is 19.4 Å². The number of esters is 1. The van der Waals surface area contributed by atoms with Crippen LogP contribution in [-0.2, 0) is 21.5 Å². The smallest absolute Gasteiger partial charge is 0.311 e. The summed E-state index contributed by atoms with van der Waals surface area (Å²) in [5.41, 5.74) is 3.47. The van der Waals surface area contributed by atoms with E-state index in [4.69, 9.17) is 9.47 Å². The van der Waals surface area contributed by atoms with Crippen molar-refractivity contribution in [1.82, 2.24) is 9.55 Å². The van der Waals surface area contributed by atoms with Gasteiger partial charge in [-0.2, -0.15) is 0 Å². The summed E-state index contributed by atoms with van der Waals surface area (Å²) in [5.74, 6) is 0.375. The van der Waals surface area contributed by atoms with Gasteiger partial charge in [-0.15, -0.1) is 21.6 Å². The lowest BCUT2D eigenvalue weighted by molar-refractivity contribution is -0.142. The fourth-order valence-corrected chi connectivity index (χ4v) is 4.62. The Morgan fingerprint density at radius 1 is 1.32 bits per heavy atom. The minimum atomic E-state index is -0.435. The molecule has 1 N–H and O–H groups in total. The molecule has 0 unspecified atom stereocenters. The molecule has 162 valence electrons. The molecular formula is C22H24N4O4S. The molecule has 9 heteroatoms. The van der Waals surface area contributed by atoms with Crippen molar-refractivity contribution in [3.8, 4) is 11.6 Å². The molecule has 31 heavy (non-hydrogen) atoms. The summed E-state index contributed by atoms with van der Waals surface area (Å²) in [6, 6.07) is 3.81.